The summed E-state index contributed by atoms with van der Waals surface area (Å²) in [5.74, 6) is -0.890. The highest BCUT2D eigenvalue weighted by Gasteiger charge is 2.16. The van der Waals surface area contributed by atoms with E-state index in [2.05, 4.69) is 4.98 Å². The first kappa shape index (κ1) is 18.3. The molecule has 28 heavy (non-hydrogen) atoms. The number of rotatable bonds is 5. The van der Waals surface area contributed by atoms with Gasteiger partial charge in [-0.25, -0.2) is 14.2 Å². The standard InChI is InChI=1S/C20H13FN2O3S2/c21-14-5-3-13(4-6-14)10-16(17-2-1-8-27-17)19(25)26-12-15-11-18(24)23-7-9-28-20(23)22-15/h1-11H,12H2/b16-10+. The zero-order valence-electron chi connectivity index (χ0n) is 14.4. The van der Waals surface area contributed by atoms with E-state index in [9.17, 15) is 14.0 Å². The first-order valence-corrected chi connectivity index (χ1v) is 10.00. The number of hydrogen-bond donors (Lipinski definition) is 0. The van der Waals surface area contributed by atoms with Crippen molar-refractivity contribution in [1.29, 1.82) is 0 Å². The van der Waals surface area contributed by atoms with Gasteiger partial charge in [-0.05, 0) is 35.2 Å². The number of carbonyl (C=O) groups excluding carboxylic acids is 1. The molecule has 0 atom stereocenters. The molecule has 0 amide bonds. The average molecular weight is 412 g/mol. The third-order valence-electron chi connectivity index (χ3n) is 3.89. The van der Waals surface area contributed by atoms with Crippen molar-refractivity contribution in [3.8, 4) is 0 Å². The third-order valence-corrected chi connectivity index (χ3v) is 5.55. The second-order valence-electron chi connectivity index (χ2n) is 5.80. The van der Waals surface area contributed by atoms with Crippen LogP contribution in [0.5, 0.6) is 0 Å². The van der Waals surface area contributed by atoms with E-state index in [-0.39, 0.29) is 18.0 Å². The molecule has 0 aliphatic heterocycles. The highest BCUT2D eigenvalue weighted by molar-refractivity contribution is 7.15. The summed E-state index contributed by atoms with van der Waals surface area (Å²) >= 11 is 2.73. The molecule has 0 spiro atoms. The Labute approximate surface area is 167 Å². The molecule has 0 unspecified atom stereocenters. The van der Waals surface area contributed by atoms with E-state index in [0.29, 0.717) is 21.8 Å². The van der Waals surface area contributed by atoms with E-state index in [0.717, 1.165) is 4.88 Å². The number of carbonyl (C=O) groups is 1. The van der Waals surface area contributed by atoms with Crippen LogP contribution in [0.25, 0.3) is 16.6 Å². The second kappa shape index (κ2) is 7.87. The lowest BCUT2D eigenvalue weighted by Gasteiger charge is -2.07. The van der Waals surface area contributed by atoms with Gasteiger partial charge in [0.15, 0.2) is 4.96 Å². The molecule has 3 heterocycles. The number of aromatic nitrogens is 2. The van der Waals surface area contributed by atoms with Crippen LogP contribution >= 0.6 is 22.7 Å². The van der Waals surface area contributed by atoms with Gasteiger partial charge < -0.3 is 4.74 Å². The highest BCUT2D eigenvalue weighted by Crippen LogP contribution is 2.25. The molecular formula is C20H13FN2O3S2. The van der Waals surface area contributed by atoms with Gasteiger partial charge in [-0.15, -0.1) is 22.7 Å². The second-order valence-corrected chi connectivity index (χ2v) is 7.63. The van der Waals surface area contributed by atoms with Crippen LogP contribution in [0.1, 0.15) is 16.1 Å². The first-order chi connectivity index (χ1) is 13.6. The van der Waals surface area contributed by atoms with Gasteiger partial charge in [-0.2, -0.15) is 0 Å². The fourth-order valence-corrected chi connectivity index (χ4v) is 4.04. The molecule has 5 nitrogen and oxygen atoms in total. The zero-order chi connectivity index (χ0) is 19.5. The predicted octanol–water partition coefficient (Wildman–Crippen LogP) is 4.24. The molecule has 0 aliphatic carbocycles. The molecule has 4 rings (SSSR count). The van der Waals surface area contributed by atoms with Crippen molar-refractivity contribution in [2.75, 3.05) is 0 Å². The van der Waals surface area contributed by atoms with E-state index in [4.69, 9.17) is 4.74 Å². The van der Waals surface area contributed by atoms with Crippen LogP contribution in [0.2, 0.25) is 0 Å². The molecule has 8 heteroatoms. The van der Waals surface area contributed by atoms with E-state index in [1.54, 1.807) is 29.8 Å². The van der Waals surface area contributed by atoms with Gasteiger partial charge in [-0.3, -0.25) is 9.20 Å². The SMILES string of the molecule is O=C(OCc1cc(=O)n2ccsc2n1)/C(=C/c1ccc(F)cc1)c1cccs1. The maximum absolute atomic E-state index is 13.1. The minimum atomic E-state index is -0.542. The van der Waals surface area contributed by atoms with Gasteiger partial charge in [0.05, 0.1) is 11.3 Å². The molecule has 0 bridgehead atoms. The Balaban J connectivity index is 1.58. The van der Waals surface area contributed by atoms with Gasteiger partial charge in [0.2, 0.25) is 0 Å². The monoisotopic (exact) mass is 412 g/mol. The van der Waals surface area contributed by atoms with Crippen LogP contribution in [-0.2, 0) is 16.1 Å². The molecule has 4 aromatic rings. The molecule has 0 saturated carbocycles. The summed E-state index contributed by atoms with van der Waals surface area (Å²) in [6.45, 7) is -0.116. The van der Waals surface area contributed by atoms with Gasteiger partial charge >= 0.3 is 5.97 Å². The summed E-state index contributed by atoms with van der Waals surface area (Å²) < 4.78 is 20.0. The van der Waals surface area contributed by atoms with Crippen molar-refractivity contribution in [2.24, 2.45) is 0 Å². The lowest BCUT2D eigenvalue weighted by molar-refractivity contribution is -0.137. The number of fused-ring (bicyclic) bond motifs is 1. The summed E-state index contributed by atoms with van der Waals surface area (Å²) in [6, 6.07) is 10.8. The number of thiazole rings is 1. The summed E-state index contributed by atoms with van der Waals surface area (Å²) in [6.07, 6.45) is 3.30. The van der Waals surface area contributed by atoms with Crippen LogP contribution in [0.3, 0.4) is 0 Å². The van der Waals surface area contributed by atoms with Gasteiger partial charge in [0.25, 0.3) is 5.56 Å². The molecule has 1 aromatic carbocycles. The summed E-state index contributed by atoms with van der Waals surface area (Å²) in [4.78, 5) is 30.4. The molecule has 0 radical (unpaired) electrons. The molecule has 0 aliphatic rings. The van der Waals surface area contributed by atoms with Crippen molar-refractivity contribution in [3.63, 3.8) is 0 Å². The van der Waals surface area contributed by atoms with Crippen LogP contribution in [0.4, 0.5) is 4.39 Å². The Morgan fingerprint density at radius 3 is 2.75 bits per heavy atom. The minimum Gasteiger partial charge on any atom is -0.456 e. The maximum atomic E-state index is 13.1. The lowest BCUT2D eigenvalue weighted by Crippen LogP contribution is -2.15. The van der Waals surface area contributed by atoms with Gasteiger partial charge in [0.1, 0.15) is 12.4 Å². The smallest absolute Gasteiger partial charge is 0.339 e. The number of thiophene rings is 1. The van der Waals surface area contributed by atoms with E-state index >= 15 is 0 Å². The third kappa shape index (κ3) is 3.92. The first-order valence-electron chi connectivity index (χ1n) is 8.24. The molecule has 3 aromatic heterocycles. The molecule has 0 N–H and O–H groups in total. The fraction of sp³-hybridized carbons (Fsp3) is 0.0500. The average Bonchev–Trinajstić information content (AvgIpc) is 3.37. The molecule has 140 valence electrons. The number of hydrogen-bond acceptors (Lipinski definition) is 6. The van der Waals surface area contributed by atoms with Crippen LogP contribution in [0.15, 0.2) is 64.2 Å². The van der Waals surface area contributed by atoms with Crippen molar-refractivity contribution in [1.82, 2.24) is 9.38 Å². The molecule has 0 saturated heterocycles. The fourth-order valence-electron chi connectivity index (χ4n) is 2.57. The van der Waals surface area contributed by atoms with Crippen LogP contribution < -0.4 is 5.56 Å². The Hall–Kier alpha value is -3.10. The topological polar surface area (TPSA) is 60.7 Å². The lowest BCUT2D eigenvalue weighted by atomic mass is 10.1. The van der Waals surface area contributed by atoms with E-state index in [1.807, 2.05) is 17.5 Å². The number of esters is 1. The van der Waals surface area contributed by atoms with Crippen molar-refractivity contribution < 1.29 is 13.9 Å². The number of halogens is 1. The van der Waals surface area contributed by atoms with Crippen LogP contribution in [-0.4, -0.2) is 15.4 Å². The maximum Gasteiger partial charge on any atom is 0.339 e. The Bertz CT molecular complexity index is 1210. The largest absolute Gasteiger partial charge is 0.456 e. The highest BCUT2D eigenvalue weighted by atomic mass is 32.1. The number of ether oxygens (including phenoxy) is 1. The normalized spacial score (nSPS) is 11.7. The number of nitrogens with zero attached hydrogens (tertiary/aromatic N) is 2. The van der Waals surface area contributed by atoms with Crippen molar-refractivity contribution in [3.05, 3.63) is 91.7 Å². The van der Waals surface area contributed by atoms with Crippen molar-refractivity contribution in [2.45, 2.75) is 6.61 Å². The van der Waals surface area contributed by atoms with E-state index in [1.165, 1.54) is 45.3 Å². The Morgan fingerprint density at radius 1 is 1.18 bits per heavy atom. The van der Waals surface area contributed by atoms with Crippen LogP contribution in [0, 0.1) is 5.82 Å². The Kier molecular flexibility index (Phi) is 5.14. The quantitative estimate of drug-likeness (QED) is 0.363. The van der Waals surface area contributed by atoms with E-state index < -0.39 is 5.97 Å². The zero-order valence-corrected chi connectivity index (χ0v) is 16.0. The van der Waals surface area contributed by atoms with Gasteiger partial charge in [-0.1, -0.05) is 18.2 Å². The number of benzene rings is 1. The summed E-state index contributed by atoms with van der Waals surface area (Å²) in [7, 11) is 0. The Morgan fingerprint density at radius 2 is 2.00 bits per heavy atom. The minimum absolute atomic E-state index is 0.116. The molecule has 0 fully saturated rings. The molecular weight excluding hydrogens is 399 g/mol. The van der Waals surface area contributed by atoms with Gasteiger partial charge in [0, 0.05) is 22.5 Å². The summed E-state index contributed by atoms with van der Waals surface area (Å²) in [5, 5.41) is 3.62. The summed E-state index contributed by atoms with van der Waals surface area (Å²) in [5.41, 5.74) is 1.19. The predicted molar refractivity (Wildman–Crippen MR) is 108 cm³/mol. The van der Waals surface area contributed by atoms with Crippen molar-refractivity contribution >= 4 is 45.3 Å².